The zero-order valence-electron chi connectivity index (χ0n) is 12.7. The lowest BCUT2D eigenvalue weighted by Crippen LogP contribution is -2.43. The molecule has 1 aromatic carbocycles. The SMILES string of the molecule is CCC1(CO)CCN(CCOc2ccc(C#N)cc2)CC1. The largest absolute Gasteiger partial charge is 0.492 e. The summed E-state index contributed by atoms with van der Waals surface area (Å²) in [5, 5.41) is 18.3. The molecule has 1 N–H and O–H groups in total. The fourth-order valence-electron chi connectivity index (χ4n) is 2.79. The minimum absolute atomic E-state index is 0.143. The van der Waals surface area contributed by atoms with E-state index in [-0.39, 0.29) is 5.41 Å². The molecule has 0 saturated carbocycles. The van der Waals surface area contributed by atoms with Crippen LogP contribution in [0.4, 0.5) is 0 Å². The third kappa shape index (κ3) is 4.20. The number of likely N-dealkylation sites (tertiary alicyclic amines) is 1. The number of aliphatic hydroxyl groups is 1. The Balaban J connectivity index is 1.71. The van der Waals surface area contributed by atoms with Crippen LogP contribution in [-0.2, 0) is 0 Å². The Morgan fingerprint density at radius 3 is 2.48 bits per heavy atom. The fourth-order valence-corrected chi connectivity index (χ4v) is 2.79. The van der Waals surface area contributed by atoms with Crippen LogP contribution in [-0.4, -0.2) is 42.9 Å². The summed E-state index contributed by atoms with van der Waals surface area (Å²) in [5.41, 5.74) is 0.795. The molecule has 1 saturated heterocycles. The molecule has 21 heavy (non-hydrogen) atoms. The Hall–Kier alpha value is -1.57. The number of nitrogens with zero attached hydrogens (tertiary/aromatic N) is 2. The predicted molar refractivity (Wildman–Crippen MR) is 82.1 cm³/mol. The highest BCUT2D eigenvalue weighted by atomic mass is 16.5. The Kier molecular flexibility index (Phi) is 5.60. The molecule has 0 amide bonds. The maximum Gasteiger partial charge on any atom is 0.119 e. The monoisotopic (exact) mass is 288 g/mol. The van der Waals surface area contributed by atoms with Crippen LogP contribution in [0.2, 0.25) is 0 Å². The van der Waals surface area contributed by atoms with E-state index in [0.717, 1.165) is 44.6 Å². The molecule has 1 aliphatic rings. The standard InChI is InChI=1S/C17H24N2O2/c1-2-17(14-20)7-9-19(10-8-17)11-12-21-16-5-3-15(13-18)4-6-16/h3-6,20H,2,7-12,14H2,1H3. The van der Waals surface area contributed by atoms with E-state index < -0.39 is 0 Å². The van der Waals surface area contributed by atoms with Crippen molar-refractivity contribution in [2.45, 2.75) is 26.2 Å². The molecule has 2 rings (SSSR count). The van der Waals surface area contributed by atoms with Gasteiger partial charge in [-0.25, -0.2) is 0 Å². The van der Waals surface area contributed by atoms with Crippen molar-refractivity contribution in [1.82, 2.24) is 4.90 Å². The Morgan fingerprint density at radius 2 is 1.95 bits per heavy atom. The summed E-state index contributed by atoms with van der Waals surface area (Å²) < 4.78 is 5.71. The molecule has 0 aromatic heterocycles. The van der Waals surface area contributed by atoms with E-state index in [0.29, 0.717) is 18.8 Å². The van der Waals surface area contributed by atoms with Crippen molar-refractivity contribution in [1.29, 1.82) is 5.26 Å². The van der Waals surface area contributed by atoms with Crippen molar-refractivity contribution in [2.75, 3.05) is 32.8 Å². The Labute approximate surface area is 127 Å². The van der Waals surface area contributed by atoms with Gasteiger partial charge in [0.1, 0.15) is 12.4 Å². The molecule has 0 atom stereocenters. The molecule has 0 unspecified atom stereocenters. The van der Waals surface area contributed by atoms with E-state index in [4.69, 9.17) is 10.00 Å². The Bertz CT molecular complexity index is 465. The van der Waals surface area contributed by atoms with E-state index >= 15 is 0 Å². The van der Waals surface area contributed by atoms with Crippen LogP contribution in [0.3, 0.4) is 0 Å². The fraction of sp³-hybridized carbons (Fsp3) is 0.588. The maximum absolute atomic E-state index is 9.53. The van der Waals surface area contributed by atoms with Gasteiger partial charge in [-0.05, 0) is 62.0 Å². The highest BCUT2D eigenvalue weighted by Crippen LogP contribution is 2.33. The van der Waals surface area contributed by atoms with Crippen molar-refractivity contribution < 1.29 is 9.84 Å². The minimum Gasteiger partial charge on any atom is -0.492 e. The van der Waals surface area contributed by atoms with E-state index in [1.54, 1.807) is 12.1 Å². The van der Waals surface area contributed by atoms with Gasteiger partial charge in [-0.1, -0.05) is 6.92 Å². The first-order valence-corrected chi connectivity index (χ1v) is 7.67. The second-order valence-corrected chi connectivity index (χ2v) is 5.84. The zero-order valence-corrected chi connectivity index (χ0v) is 12.7. The van der Waals surface area contributed by atoms with Gasteiger partial charge in [0.15, 0.2) is 0 Å². The molecule has 4 nitrogen and oxygen atoms in total. The van der Waals surface area contributed by atoms with Crippen LogP contribution >= 0.6 is 0 Å². The van der Waals surface area contributed by atoms with Gasteiger partial charge in [-0.2, -0.15) is 5.26 Å². The highest BCUT2D eigenvalue weighted by Gasteiger charge is 2.31. The maximum atomic E-state index is 9.53. The van der Waals surface area contributed by atoms with Gasteiger partial charge in [0.25, 0.3) is 0 Å². The van der Waals surface area contributed by atoms with Crippen LogP contribution in [0.15, 0.2) is 24.3 Å². The average Bonchev–Trinajstić information content (AvgIpc) is 2.56. The first-order valence-electron chi connectivity index (χ1n) is 7.67. The molecular weight excluding hydrogens is 264 g/mol. The number of nitriles is 1. The van der Waals surface area contributed by atoms with Crippen LogP contribution in [0.1, 0.15) is 31.7 Å². The quantitative estimate of drug-likeness (QED) is 0.873. The van der Waals surface area contributed by atoms with Crippen LogP contribution in [0.25, 0.3) is 0 Å². The first kappa shape index (κ1) is 15.8. The van der Waals surface area contributed by atoms with Gasteiger partial charge in [0, 0.05) is 13.2 Å². The minimum atomic E-state index is 0.143. The second-order valence-electron chi connectivity index (χ2n) is 5.84. The van der Waals surface area contributed by atoms with Crippen molar-refractivity contribution >= 4 is 0 Å². The molecule has 1 aliphatic heterocycles. The van der Waals surface area contributed by atoms with Gasteiger partial charge < -0.3 is 9.84 Å². The predicted octanol–water partition coefficient (Wildman–Crippen LogP) is 2.42. The lowest BCUT2D eigenvalue weighted by molar-refractivity contribution is 0.0366. The van der Waals surface area contributed by atoms with Gasteiger partial charge in [-0.3, -0.25) is 4.90 Å². The average molecular weight is 288 g/mol. The summed E-state index contributed by atoms with van der Waals surface area (Å²) in [4.78, 5) is 2.40. The smallest absolute Gasteiger partial charge is 0.119 e. The van der Waals surface area contributed by atoms with E-state index in [1.807, 2.05) is 12.1 Å². The Morgan fingerprint density at radius 1 is 1.29 bits per heavy atom. The van der Waals surface area contributed by atoms with Gasteiger partial charge in [-0.15, -0.1) is 0 Å². The third-order valence-electron chi connectivity index (χ3n) is 4.66. The van der Waals surface area contributed by atoms with Crippen LogP contribution < -0.4 is 4.74 Å². The van der Waals surface area contributed by atoms with E-state index in [9.17, 15) is 5.11 Å². The summed E-state index contributed by atoms with van der Waals surface area (Å²) in [5.74, 6) is 0.810. The normalized spacial score (nSPS) is 18.1. The van der Waals surface area contributed by atoms with Gasteiger partial charge in [0.2, 0.25) is 0 Å². The lowest BCUT2D eigenvalue weighted by atomic mass is 9.77. The molecule has 0 radical (unpaired) electrons. The number of rotatable bonds is 6. The summed E-state index contributed by atoms with van der Waals surface area (Å²) in [7, 11) is 0. The van der Waals surface area contributed by atoms with Crippen molar-refractivity contribution in [3.05, 3.63) is 29.8 Å². The summed E-state index contributed by atoms with van der Waals surface area (Å²) in [6.45, 7) is 6.10. The molecule has 1 aromatic rings. The number of ether oxygens (including phenoxy) is 1. The highest BCUT2D eigenvalue weighted by molar-refractivity contribution is 5.34. The van der Waals surface area contributed by atoms with Gasteiger partial charge >= 0.3 is 0 Å². The molecule has 114 valence electrons. The molecule has 0 aliphatic carbocycles. The lowest BCUT2D eigenvalue weighted by Gasteiger charge is -2.40. The van der Waals surface area contributed by atoms with Crippen molar-refractivity contribution in [2.24, 2.45) is 5.41 Å². The summed E-state index contributed by atoms with van der Waals surface area (Å²) in [6.07, 6.45) is 3.19. The van der Waals surface area contributed by atoms with Crippen LogP contribution in [0, 0.1) is 16.7 Å². The number of hydrogen-bond donors (Lipinski definition) is 1. The number of aliphatic hydroxyl groups excluding tert-OH is 1. The third-order valence-corrected chi connectivity index (χ3v) is 4.66. The molecule has 4 heteroatoms. The first-order chi connectivity index (χ1) is 10.2. The van der Waals surface area contributed by atoms with E-state index in [1.165, 1.54) is 0 Å². The molecular formula is C17H24N2O2. The number of hydrogen-bond acceptors (Lipinski definition) is 4. The molecule has 1 fully saturated rings. The number of piperidine rings is 1. The number of benzene rings is 1. The molecule has 0 bridgehead atoms. The summed E-state index contributed by atoms with van der Waals surface area (Å²) >= 11 is 0. The van der Waals surface area contributed by atoms with Crippen molar-refractivity contribution in [3.63, 3.8) is 0 Å². The van der Waals surface area contributed by atoms with Crippen molar-refractivity contribution in [3.8, 4) is 11.8 Å². The summed E-state index contributed by atoms with van der Waals surface area (Å²) in [6, 6.07) is 9.31. The second kappa shape index (κ2) is 7.44. The zero-order chi connectivity index (χ0) is 15.1. The topological polar surface area (TPSA) is 56.5 Å². The van der Waals surface area contributed by atoms with Gasteiger partial charge in [0.05, 0.1) is 11.6 Å². The molecule has 1 heterocycles. The van der Waals surface area contributed by atoms with Crippen LogP contribution in [0.5, 0.6) is 5.75 Å². The van der Waals surface area contributed by atoms with E-state index in [2.05, 4.69) is 17.9 Å². The molecule has 0 spiro atoms.